The van der Waals surface area contributed by atoms with Crippen molar-refractivity contribution in [2.45, 2.75) is 57.0 Å². The summed E-state index contributed by atoms with van der Waals surface area (Å²) < 4.78 is 10.5. The zero-order chi connectivity index (χ0) is 14.3. The molecule has 1 heterocycles. The van der Waals surface area contributed by atoms with Crippen LogP contribution in [0.15, 0.2) is 0 Å². The van der Waals surface area contributed by atoms with Crippen LogP contribution in [0, 0.1) is 0 Å². The van der Waals surface area contributed by atoms with Gasteiger partial charge in [-0.05, 0) is 39.2 Å². The molecule has 4 heteroatoms. The highest BCUT2D eigenvalue weighted by molar-refractivity contribution is 5.00. The van der Waals surface area contributed by atoms with Crippen molar-refractivity contribution in [1.29, 1.82) is 0 Å². The van der Waals surface area contributed by atoms with Crippen molar-refractivity contribution in [2.75, 3.05) is 46.6 Å². The molecule has 0 amide bonds. The Morgan fingerprint density at radius 2 is 1.95 bits per heavy atom. The SMILES string of the molecule is COCCOCCCCN1CC2(CCCC2)NCC1C. The molecule has 2 rings (SSSR count). The van der Waals surface area contributed by atoms with Crippen LogP contribution in [0.4, 0.5) is 0 Å². The molecule has 4 nitrogen and oxygen atoms in total. The van der Waals surface area contributed by atoms with Crippen LogP contribution in [0.2, 0.25) is 0 Å². The lowest BCUT2D eigenvalue weighted by Crippen LogP contribution is -2.62. The van der Waals surface area contributed by atoms with Gasteiger partial charge in [0.05, 0.1) is 13.2 Å². The molecule has 1 aliphatic heterocycles. The maximum atomic E-state index is 5.53. The predicted octanol–water partition coefficient (Wildman–Crippen LogP) is 2.04. The molecule has 1 aliphatic carbocycles. The molecule has 1 unspecified atom stereocenters. The molecule has 2 fully saturated rings. The van der Waals surface area contributed by atoms with E-state index in [2.05, 4.69) is 17.1 Å². The van der Waals surface area contributed by atoms with Crippen molar-refractivity contribution in [3.8, 4) is 0 Å². The van der Waals surface area contributed by atoms with Crippen LogP contribution in [0.5, 0.6) is 0 Å². The van der Waals surface area contributed by atoms with Crippen LogP contribution in [-0.2, 0) is 9.47 Å². The Labute approximate surface area is 124 Å². The van der Waals surface area contributed by atoms with E-state index in [1.807, 2.05) is 0 Å². The second kappa shape index (κ2) is 8.32. The van der Waals surface area contributed by atoms with Crippen LogP contribution >= 0.6 is 0 Å². The fourth-order valence-electron chi connectivity index (χ4n) is 3.54. The molecule has 0 bridgehead atoms. The summed E-state index contributed by atoms with van der Waals surface area (Å²) in [5, 5.41) is 3.82. The van der Waals surface area contributed by atoms with Gasteiger partial charge in [0, 0.05) is 38.4 Å². The van der Waals surface area contributed by atoms with Gasteiger partial charge in [-0.3, -0.25) is 4.90 Å². The number of unbranched alkanes of at least 4 members (excludes halogenated alkanes) is 1. The van der Waals surface area contributed by atoms with Crippen LogP contribution in [0.1, 0.15) is 45.4 Å². The van der Waals surface area contributed by atoms with E-state index in [0.29, 0.717) is 18.2 Å². The standard InChI is InChI=1S/C16H32N2O2/c1-15-13-17-16(7-3-4-8-16)14-18(15)9-5-6-10-20-12-11-19-2/h15,17H,3-14H2,1-2H3. The van der Waals surface area contributed by atoms with E-state index < -0.39 is 0 Å². The van der Waals surface area contributed by atoms with Gasteiger partial charge in [0.2, 0.25) is 0 Å². The average molecular weight is 284 g/mol. The van der Waals surface area contributed by atoms with E-state index in [9.17, 15) is 0 Å². The van der Waals surface area contributed by atoms with Crippen molar-refractivity contribution in [1.82, 2.24) is 10.2 Å². The third-order valence-corrected chi connectivity index (χ3v) is 4.88. The maximum Gasteiger partial charge on any atom is 0.0700 e. The molecule has 1 N–H and O–H groups in total. The minimum atomic E-state index is 0.446. The number of hydrogen-bond acceptors (Lipinski definition) is 4. The molecule has 0 aromatic rings. The molecule has 118 valence electrons. The molecule has 0 aromatic heterocycles. The third-order valence-electron chi connectivity index (χ3n) is 4.88. The predicted molar refractivity (Wildman–Crippen MR) is 82.2 cm³/mol. The quantitative estimate of drug-likeness (QED) is 0.692. The van der Waals surface area contributed by atoms with Crippen molar-refractivity contribution in [2.24, 2.45) is 0 Å². The van der Waals surface area contributed by atoms with Crippen LogP contribution in [0.25, 0.3) is 0 Å². The van der Waals surface area contributed by atoms with Crippen LogP contribution in [-0.4, -0.2) is 63.0 Å². The van der Waals surface area contributed by atoms with Crippen molar-refractivity contribution in [3.63, 3.8) is 0 Å². The fourth-order valence-corrected chi connectivity index (χ4v) is 3.54. The lowest BCUT2D eigenvalue weighted by atomic mass is 9.92. The Bertz CT molecular complexity index is 267. The normalized spacial score (nSPS) is 26.4. The Hall–Kier alpha value is -0.160. The Kier molecular flexibility index (Phi) is 6.75. The highest BCUT2D eigenvalue weighted by Gasteiger charge is 2.39. The number of ether oxygens (including phenoxy) is 2. The van der Waals surface area contributed by atoms with Crippen molar-refractivity contribution < 1.29 is 9.47 Å². The molecular formula is C16H32N2O2. The van der Waals surface area contributed by atoms with Gasteiger partial charge in [-0.15, -0.1) is 0 Å². The number of nitrogens with one attached hydrogen (secondary N) is 1. The van der Waals surface area contributed by atoms with E-state index in [0.717, 1.165) is 26.2 Å². The molecule has 20 heavy (non-hydrogen) atoms. The van der Waals surface area contributed by atoms with Gasteiger partial charge in [-0.2, -0.15) is 0 Å². The highest BCUT2D eigenvalue weighted by atomic mass is 16.5. The van der Waals surface area contributed by atoms with Crippen LogP contribution in [0.3, 0.4) is 0 Å². The second-order valence-corrected chi connectivity index (χ2v) is 6.50. The van der Waals surface area contributed by atoms with Crippen molar-refractivity contribution in [3.05, 3.63) is 0 Å². The minimum absolute atomic E-state index is 0.446. The molecule has 1 saturated heterocycles. The van der Waals surface area contributed by atoms with Crippen LogP contribution < -0.4 is 5.32 Å². The zero-order valence-electron chi connectivity index (χ0n) is 13.3. The summed E-state index contributed by atoms with van der Waals surface area (Å²) in [5.41, 5.74) is 0.446. The molecule has 0 aromatic carbocycles. The third kappa shape index (κ3) is 4.69. The fraction of sp³-hybridized carbons (Fsp3) is 1.00. The number of piperazine rings is 1. The summed E-state index contributed by atoms with van der Waals surface area (Å²) in [6, 6.07) is 0.677. The lowest BCUT2D eigenvalue weighted by Gasteiger charge is -2.45. The molecule has 2 aliphatic rings. The monoisotopic (exact) mass is 284 g/mol. The van der Waals surface area contributed by atoms with E-state index >= 15 is 0 Å². The van der Waals surface area contributed by atoms with E-state index in [4.69, 9.17) is 9.47 Å². The summed E-state index contributed by atoms with van der Waals surface area (Å²) in [7, 11) is 1.72. The minimum Gasteiger partial charge on any atom is -0.382 e. The van der Waals surface area contributed by atoms with E-state index in [-0.39, 0.29) is 0 Å². The maximum absolute atomic E-state index is 5.53. The number of hydrogen-bond donors (Lipinski definition) is 1. The van der Waals surface area contributed by atoms with E-state index in [1.54, 1.807) is 7.11 Å². The van der Waals surface area contributed by atoms with Gasteiger partial charge in [0.1, 0.15) is 0 Å². The lowest BCUT2D eigenvalue weighted by molar-refractivity contribution is 0.0612. The Morgan fingerprint density at radius 3 is 2.70 bits per heavy atom. The smallest absolute Gasteiger partial charge is 0.0700 e. The van der Waals surface area contributed by atoms with Gasteiger partial charge in [-0.25, -0.2) is 0 Å². The molecular weight excluding hydrogens is 252 g/mol. The summed E-state index contributed by atoms with van der Waals surface area (Å²) in [6.45, 7) is 8.28. The Balaban J connectivity index is 1.61. The number of methoxy groups -OCH3 is 1. The van der Waals surface area contributed by atoms with Crippen molar-refractivity contribution >= 4 is 0 Å². The molecule has 1 atom stereocenters. The first-order chi connectivity index (χ1) is 9.76. The molecule has 0 radical (unpaired) electrons. The summed E-state index contributed by atoms with van der Waals surface area (Å²) >= 11 is 0. The second-order valence-electron chi connectivity index (χ2n) is 6.50. The topological polar surface area (TPSA) is 33.7 Å². The molecule has 1 saturated carbocycles. The highest BCUT2D eigenvalue weighted by Crippen LogP contribution is 2.33. The molecule has 1 spiro atoms. The Morgan fingerprint density at radius 1 is 1.15 bits per heavy atom. The summed E-state index contributed by atoms with van der Waals surface area (Å²) in [6.07, 6.45) is 7.96. The first kappa shape index (κ1) is 16.2. The van der Waals surface area contributed by atoms with Gasteiger partial charge in [0.15, 0.2) is 0 Å². The van der Waals surface area contributed by atoms with E-state index in [1.165, 1.54) is 45.2 Å². The summed E-state index contributed by atoms with van der Waals surface area (Å²) in [4.78, 5) is 2.69. The van der Waals surface area contributed by atoms with Gasteiger partial charge >= 0.3 is 0 Å². The van der Waals surface area contributed by atoms with Gasteiger partial charge in [0.25, 0.3) is 0 Å². The first-order valence-corrected chi connectivity index (χ1v) is 8.31. The first-order valence-electron chi connectivity index (χ1n) is 8.31. The zero-order valence-corrected chi connectivity index (χ0v) is 13.3. The number of nitrogens with zero attached hydrogens (tertiary/aromatic N) is 1. The average Bonchev–Trinajstić information content (AvgIpc) is 2.90. The largest absolute Gasteiger partial charge is 0.382 e. The number of rotatable bonds is 8. The van der Waals surface area contributed by atoms with Gasteiger partial charge in [-0.1, -0.05) is 12.8 Å². The van der Waals surface area contributed by atoms with Gasteiger partial charge < -0.3 is 14.8 Å². The summed E-state index contributed by atoms with van der Waals surface area (Å²) in [5.74, 6) is 0.